The first-order chi connectivity index (χ1) is 11.2. The quantitative estimate of drug-likeness (QED) is 0.430. The van der Waals surface area contributed by atoms with E-state index in [4.69, 9.17) is 0 Å². The molecule has 1 aromatic heterocycles. The molecule has 2 heterocycles. The molecule has 2 N–H and O–H groups in total. The Bertz CT molecular complexity index is 697. The number of hydrogen-bond donors (Lipinski definition) is 2. The van der Waals surface area contributed by atoms with Crippen molar-refractivity contribution in [2.75, 3.05) is 26.7 Å². The van der Waals surface area contributed by atoms with Gasteiger partial charge < -0.3 is 15.2 Å². The summed E-state index contributed by atoms with van der Waals surface area (Å²) >= 11 is 0. The molecule has 0 amide bonds. The molecular formula is C18H26FIN4. The number of aliphatic imine (C=N–C) groups is 1. The second kappa shape index (κ2) is 8.69. The fourth-order valence-electron chi connectivity index (χ4n) is 3.39. The zero-order valence-electron chi connectivity index (χ0n) is 14.3. The molecule has 132 valence electrons. The molecule has 0 spiro atoms. The molecule has 4 nitrogen and oxygen atoms in total. The Hall–Kier alpha value is -1.31. The lowest BCUT2D eigenvalue weighted by atomic mass is 10.0. The molecule has 1 aliphatic rings. The molecule has 2 aromatic rings. The van der Waals surface area contributed by atoms with Gasteiger partial charge in [-0.05, 0) is 48.9 Å². The molecule has 0 aliphatic carbocycles. The number of hydrogen-bond acceptors (Lipinski definition) is 1. The van der Waals surface area contributed by atoms with E-state index in [2.05, 4.69) is 27.1 Å². The Balaban J connectivity index is 0.00000208. The zero-order valence-corrected chi connectivity index (χ0v) is 16.6. The molecule has 1 fully saturated rings. The minimum atomic E-state index is -0.205. The Morgan fingerprint density at radius 2 is 2.29 bits per heavy atom. The van der Waals surface area contributed by atoms with Crippen molar-refractivity contribution >= 4 is 40.8 Å². The number of nitrogens with zero attached hydrogens (tertiary/aromatic N) is 2. The van der Waals surface area contributed by atoms with Gasteiger partial charge in [-0.25, -0.2) is 4.39 Å². The van der Waals surface area contributed by atoms with Crippen molar-refractivity contribution in [3.05, 3.63) is 35.8 Å². The predicted octanol–water partition coefficient (Wildman–Crippen LogP) is 3.77. The van der Waals surface area contributed by atoms with E-state index in [-0.39, 0.29) is 29.8 Å². The molecule has 1 atom stereocenters. The lowest BCUT2D eigenvalue weighted by molar-refractivity contribution is 0.266. The zero-order chi connectivity index (χ0) is 16.2. The Morgan fingerprint density at radius 1 is 1.46 bits per heavy atom. The predicted molar refractivity (Wildman–Crippen MR) is 109 cm³/mol. The summed E-state index contributed by atoms with van der Waals surface area (Å²) in [5, 5.41) is 4.55. The van der Waals surface area contributed by atoms with Crippen LogP contribution in [0.25, 0.3) is 10.9 Å². The van der Waals surface area contributed by atoms with Crippen LogP contribution in [-0.2, 0) is 6.42 Å². The van der Waals surface area contributed by atoms with Gasteiger partial charge in [0.25, 0.3) is 0 Å². The summed E-state index contributed by atoms with van der Waals surface area (Å²) in [6, 6.07) is 4.90. The highest BCUT2D eigenvalue weighted by Gasteiger charge is 2.18. The minimum Gasteiger partial charge on any atom is -0.361 e. The number of aromatic amines is 1. The molecule has 6 heteroatoms. The van der Waals surface area contributed by atoms with E-state index in [9.17, 15) is 4.39 Å². The first-order valence-electron chi connectivity index (χ1n) is 8.38. The van der Waals surface area contributed by atoms with Gasteiger partial charge in [0.1, 0.15) is 5.82 Å². The largest absolute Gasteiger partial charge is 0.361 e. The number of piperidine rings is 1. The van der Waals surface area contributed by atoms with Crippen LogP contribution in [0.2, 0.25) is 0 Å². The van der Waals surface area contributed by atoms with Gasteiger partial charge in [0.05, 0.1) is 0 Å². The number of rotatable bonds is 3. The lowest BCUT2D eigenvalue weighted by Crippen LogP contribution is -2.46. The van der Waals surface area contributed by atoms with Crippen LogP contribution in [0.1, 0.15) is 25.3 Å². The van der Waals surface area contributed by atoms with Crippen molar-refractivity contribution in [3.8, 4) is 0 Å². The van der Waals surface area contributed by atoms with E-state index in [1.807, 2.05) is 19.3 Å². The number of benzene rings is 1. The fraction of sp³-hybridized carbons (Fsp3) is 0.500. The number of aromatic nitrogens is 1. The maximum Gasteiger partial charge on any atom is 0.193 e. The van der Waals surface area contributed by atoms with Crippen molar-refractivity contribution < 1.29 is 4.39 Å². The number of fused-ring (bicyclic) bond motifs is 1. The molecule has 0 radical (unpaired) electrons. The van der Waals surface area contributed by atoms with Gasteiger partial charge in [-0.3, -0.25) is 4.99 Å². The molecule has 1 aliphatic heterocycles. The second-order valence-electron chi connectivity index (χ2n) is 6.42. The number of halogens is 2. The van der Waals surface area contributed by atoms with Gasteiger partial charge >= 0.3 is 0 Å². The normalized spacial score (nSPS) is 18.5. The average molecular weight is 444 g/mol. The third kappa shape index (κ3) is 4.40. The van der Waals surface area contributed by atoms with Crippen LogP contribution in [-0.4, -0.2) is 42.5 Å². The highest BCUT2D eigenvalue weighted by Crippen LogP contribution is 2.19. The van der Waals surface area contributed by atoms with Crippen LogP contribution < -0.4 is 5.32 Å². The number of likely N-dealkylation sites (tertiary alicyclic amines) is 1. The highest BCUT2D eigenvalue weighted by molar-refractivity contribution is 14.0. The maximum absolute atomic E-state index is 13.2. The maximum atomic E-state index is 13.2. The van der Waals surface area contributed by atoms with Gasteiger partial charge in [0, 0.05) is 43.8 Å². The summed E-state index contributed by atoms with van der Waals surface area (Å²) in [5.74, 6) is 1.51. The Morgan fingerprint density at radius 3 is 3.04 bits per heavy atom. The third-order valence-electron chi connectivity index (χ3n) is 4.58. The van der Waals surface area contributed by atoms with Gasteiger partial charge in [0.15, 0.2) is 5.96 Å². The summed E-state index contributed by atoms with van der Waals surface area (Å²) in [7, 11) is 1.84. The van der Waals surface area contributed by atoms with E-state index in [1.165, 1.54) is 24.5 Å². The average Bonchev–Trinajstić information content (AvgIpc) is 2.93. The van der Waals surface area contributed by atoms with E-state index < -0.39 is 0 Å². The molecule has 0 saturated carbocycles. The van der Waals surface area contributed by atoms with Crippen molar-refractivity contribution in [1.29, 1.82) is 0 Å². The smallest absolute Gasteiger partial charge is 0.193 e. The summed E-state index contributed by atoms with van der Waals surface area (Å²) in [5.41, 5.74) is 2.06. The van der Waals surface area contributed by atoms with E-state index in [1.54, 1.807) is 6.07 Å². The molecule has 1 unspecified atom stereocenters. The molecule has 24 heavy (non-hydrogen) atoms. The first-order valence-corrected chi connectivity index (χ1v) is 8.38. The van der Waals surface area contributed by atoms with Crippen molar-refractivity contribution in [2.45, 2.75) is 26.2 Å². The minimum absolute atomic E-state index is 0. The van der Waals surface area contributed by atoms with Crippen molar-refractivity contribution in [3.63, 3.8) is 0 Å². The molecule has 0 bridgehead atoms. The third-order valence-corrected chi connectivity index (χ3v) is 4.58. The topological polar surface area (TPSA) is 43.4 Å². The van der Waals surface area contributed by atoms with Gasteiger partial charge in [-0.2, -0.15) is 0 Å². The van der Waals surface area contributed by atoms with E-state index in [0.717, 1.165) is 48.8 Å². The summed E-state index contributed by atoms with van der Waals surface area (Å²) in [6.45, 7) is 5.27. The molecule has 1 aromatic carbocycles. The van der Waals surface area contributed by atoms with Crippen LogP contribution in [0.5, 0.6) is 0 Å². The van der Waals surface area contributed by atoms with E-state index >= 15 is 0 Å². The number of guanidine groups is 1. The van der Waals surface area contributed by atoms with Crippen LogP contribution in [0, 0.1) is 11.7 Å². The standard InChI is InChI=1S/C18H25FN4.HI/c1-13-4-3-9-23(12-13)18(20-2)21-8-7-14-11-22-17-10-15(19)5-6-16(14)17;/h5-6,10-11,13,22H,3-4,7-9,12H2,1-2H3,(H,20,21);1H. The Labute approximate surface area is 159 Å². The van der Waals surface area contributed by atoms with Crippen LogP contribution in [0.3, 0.4) is 0 Å². The molecular weight excluding hydrogens is 418 g/mol. The van der Waals surface area contributed by atoms with Crippen LogP contribution in [0.15, 0.2) is 29.4 Å². The van der Waals surface area contributed by atoms with Crippen LogP contribution >= 0.6 is 24.0 Å². The fourth-order valence-corrected chi connectivity index (χ4v) is 3.39. The second-order valence-corrected chi connectivity index (χ2v) is 6.42. The van der Waals surface area contributed by atoms with Crippen LogP contribution in [0.4, 0.5) is 4.39 Å². The lowest BCUT2D eigenvalue weighted by Gasteiger charge is -2.33. The summed E-state index contributed by atoms with van der Waals surface area (Å²) < 4.78 is 13.2. The Kier molecular flexibility index (Phi) is 6.89. The monoisotopic (exact) mass is 444 g/mol. The number of nitrogens with one attached hydrogen (secondary N) is 2. The van der Waals surface area contributed by atoms with Gasteiger partial charge in [0.2, 0.25) is 0 Å². The number of H-pyrrole nitrogens is 1. The molecule has 3 rings (SSSR count). The summed E-state index contributed by atoms with van der Waals surface area (Å²) in [4.78, 5) is 9.90. The highest BCUT2D eigenvalue weighted by atomic mass is 127. The summed E-state index contributed by atoms with van der Waals surface area (Å²) in [6.07, 6.45) is 5.39. The van der Waals surface area contributed by atoms with Crippen molar-refractivity contribution in [1.82, 2.24) is 15.2 Å². The molecule has 1 saturated heterocycles. The van der Waals surface area contributed by atoms with Gasteiger partial charge in [-0.1, -0.05) is 6.92 Å². The van der Waals surface area contributed by atoms with Crippen molar-refractivity contribution in [2.24, 2.45) is 10.9 Å². The van der Waals surface area contributed by atoms with Gasteiger partial charge in [-0.15, -0.1) is 24.0 Å². The van der Waals surface area contributed by atoms with E-state index in [0.29, 0.717) is 0 Å². The SMILES string of the molecule is CN=C(NCCc1c[nH]c2cc(F)ccc12)N1CCCC(C)C1.I. The first kappa shape index (κ1) is 19.0.